The van der Waals surface area contributed by atoms with Crippen molar-refractivity contribution in [2.75, 3.05) is 0 Å². The first-order chi connectivity index (χ1) is 7.62. The molecule has 0 heterocycles. The summed E-state index contributed by atoms with van der Waals surface area (Å²) in [6, 6.07) is 0. The second kappa shape index (κ2) is 8.77. The molecule has 0 nitrogen and oxygen atoms in total. The van der Waals surface area contributed by atoms with E-state index < -0.39 is 21.2 Å². The molecule has 0 radical (unpaired) electrons. The van der Waals surface area contributed by atoms with Gasteiger partial charge in [0, 0.05) is 0 Å². The fourth-order valence-electron chi connectivity index (χ4n) is 2.77. The molecule has 2 heteroatoms. The van der Waals surface area contributed by atoms with Gasteiger partial charge in [-0.1, -0.05) is 0 Å². The van der Waals surface area contributed by atoms with Crippen LogP contribution in [0.2, 0.25) is 24.6 Å². The molecule has 0 N–H and O–H groups in total. The third-order valence-electron chi connectivity index (χ3n) is 4.52. The Morgan fingerprint density at radius 3 is 1.56 bits per heavy atom. The summed E-state index contributed by atoms with van der Waals surface area (Å²) >= 11 is -1.97. The Labute approximate surface area is 109 Å². The monoisotopic (exact) mass is 418 g/mol. The summed E-state index contributed by atoms with van der Waals surface area (Å²) in [5.41, 5.74) is 1.80. The van der Waals surface area contributed by atoms with Gasteiger partial charge in [0.1, 0.15) is 0 Å². The van der Waals surface area contributed by atoms with Crippen molar-refractivity contribution in [1.29, 1.82) is 0 Å². The molecule has 0 aromatic rings. The van der Waals surface area contributed by atoms with E-state index in [0.29, 0.717) is 0 Å². The molecule has 0 aliphatic rings. The molecule has 0 bridgehead atoms. The maximum absolute atomic E-state index is 2.85. The molecule has 0 aliphatic carbocycles. The first-order valence-electron chi connectivity index (χ1n) is 7.34. The summed E-state index contributed by atoms with van der Waals surface area (Å²) in [7, 11) is 0. The minimum absolute atomic E-state index is 0.869. The molecular weight excluding hydrogens is 386 g/mol. The number of rotatable bonds is 8. The Balaban J connectivity index is 5.02. The second-order valence-electron chi connectivity index (χ2n) is 5.01. The average molecular weight is 417 g/mol. The topological polar surface area (TPSA) is 0 Å². The van der Waals surface area contributed by atoms with Crippen molar-refractivity contribution in [1.82, 2.24) is 0 Å². The van der Waals surface area contributed by atoms with E-state index in [1.807, 2.05) is 0 Å². The molecule has 0 fully saturated rings. The average Bonchev–Trinajstić information content (AvgIpc) is 2.35. The Morgan fingerprint density at radius 1 is 0.875 bits per heavy atom. The van der Waals surface area contributed by atoms with E-state index in [2.05, 4.69) is 45.2 Å². The van der Waals surface area contributed by atoms with Crippen molar-refractivity contribution < 1.29 is 0 Å². The van der Waals surface area contributed by atoms with Crippen LogP contribution < -0.4 is 0 Å². The quantitative estimate of drug-likeness (QED) is 0.461. The predicted molar refractivity (Wildman–Crippen MR) is 82.3 cm³/mol. The summed E-state index contributed by atoms with van der Waals surface area (Å²) in [4.78, 5) is 0. The van der Waals surface area contributed by atoms with Crippen LogP contribution in [0.5, 0.6) is 0 Å². The Bertz CT molecular complexity index is 195. The SMILES string of the molecule is CCB(CC)/C(=[CH]\[Pb]([CH2]C)([CH2]C)[CH2]C)CC. The summed E-state index contributed by atoms with van der Waals surface area (Å²) in [6.45, 7) is 15.2. The van der Waals surface area contributed by atoms with Crippen LogP contribution in [0.1, 0.15) is 48.0 Å². The number of hydrogen-bond donors (Lipinski definition) is 0. The molecule has 0 aromatic carbocycles. The van der Waals surface area contributed by atoms with E-state index in [1.54, 1.807) is 5.47 Å². The van der Waals surface area contributed by atoms with E-state index in [-0.39, 0.29) is 0 Å². The van der Waals surface area contributed by atoms with Gasteiger partial charge in [0.15, 0.2) is 0 Å². The Kier molecular flexibility index (Phi) is 9.16. The molecule has 0 amide bonds. The summed E-state index contributed by atoms with van der Waals surface area (Å²) in [5.74, 6) is 0. The molecule has 0 rings (SSSR count). The van der Waals surface area contributed by atoms with Crippen LogP contribution in [0.3, 0.4) is 0 Å². The molecule has 0 aromatic heterocycles. The van der Waals surface area contributed by atoms with Gasteiger partial charge in [-0.15, -0.1) is 0 Å². The molecule has 0 saturated carbocycles. The standard InChI is InChI=1S/C8H16B.3C2H5.Pb/c1-5-8(4)9(6-2)7-3;3*1-2;/h4H,5-7H2,1-3H3;3*1H2,2H3;. The van der Waals surface area contributed by atoms with Gasteiger partial charge < -0.3 is 0 Å². The van der Waals surface area contributed by atoms with Gasteiger partial charge >= 0.3 is 110 Å². The van der Waals surface area contributed by atoms with Crippen LogP contribution in [-0.4, -0.2) is 27.9 Å². The zero-order valence-corrected chi connectivity index (χ0v) is 16.3. The van der Waals surface area contributed by atoms with Crippen LogP contribution in [0.25, 0.3) is 0 Å². The summed E-state index contributed by atoms with van der Waals surface area (Å²) in [6.07, 6.45) is 3.95. The predicted octanol–water partition coefficient (Wildman–Crippen LogP) is 5.44. The molecule has 0 atom stereocenters. The van der Waals surface area contributed by atoms with Crippen molar-refractivity contribution in [2.45, 2.75) is 72.5 Å². The van der Waals surface area contributed by atoms with Crippen LogP contribution in [0.15, 0.2) is 9.11 Å². The van der Waals surface area contributed by atoms with Crippen LogP contribution in [-0.2, 0) is 0 Å². The molecule has 0 saturated heterocycles. The first-order valence-corrected chi connectivity index (χ1v) is 17.8. The van der Waals surface area contributed by atoms with E-state index in [1.165, 1.54) is 31.0 Å². The maximum atomic E-state index is 2.85. The molecule has 0 aliphatic heterocycles. The van der Waals surface area contributed by atoms with Crippen LogP contribution in [0.4, 0.5) is 0 Å². The van der Waals surface area contributed by atoms with Crippen molar-refractivity contribution in [2.24, 2.45) is 0 Å². The number of hydrogen-bond acceptors (Lipinski definition) is 0. The molecule has 94 valence electrons. The van der Waals surface area contributed by atoms with Crippen molar-refractivity contribution in [3.63, 3.8) is 0 Å². The van der Waals surface area contributed by atoms with Crippen molar-refractivity contribution >= 4 is 27.9 Å². The summed E-state index contributed by atoms with van der Waals surface area (Å²) < 4.78 is 7.36. The van der Waals surface area contributed by atoms with E-state index in [0.717, 1.165) is 6.71 Å². The second-order valence-corrected chi connectivity index (χ2v) is 25.0. The zero-order valence-electron chi connectivity index (χ0n) is 12.4. The van der Waals surface area contributed by atoms with E-state index >= 15 is 0 Å². The molecule has 0 spiro atoms. The van der Waals surface area contributed by atoms with Gasteiger partial charge in [-0.25, -0.2) is 0 Å². The van der Waals surface area contributed by atoms with Crippen molar-refractivity contribution in [3.8, 4) is 0 Å². The van der Waals surface area contributed by atoms with Gasteiger partial charge in [0.05, 0.1) is 0 Å². The Hall–Kier alpha value is 0.727. The van der Waals surface area contributed by atoms with Gasteiger partial charge in [0.2, 0.25) is 0 Å². The molecule has 0 unspecified atom stereocenters. The van der Waals surface area contributed by atoms with Crippen LogP contribution in [0, 0.1) is 0 Å². The summed E-state index contributed by atoms with van der Waals surface area (Å²) in [5, 5.41) is 0. The number of allylic oxidation sites excluding steroid dienone is 1. The third kappa shape index (κ3) is 4.54. The minimum atomic E-state index is -1.97. The van der Waals surface area contributed by atoms with Gasteiger partial charge in [-0.2, -0.15) is 0 Å². The van der Waals surface area contributed by atoms with Gasteiger partial charge in [-0.3, -0.25) is 0 Å². The third-order valence-corrected chi connectivity index (χ3v) is 24.8. The van der Waals surface area contributed by atoms with Crippen LogP contribution >= 0.6 is 0 Å². The first kappa shape index (κ1) is 16.7. The zero-order chi connectivity index (χ0) is 12.6. The normalized spacial score (nSPS) is 13.0. The molecule has 16 heavy (non-hydrogen) atoms. The van der Waals surface area contributed by atoms with E-state index in [9.17, 15) is 0 Å². The van der Waals surface area contributed by atoms with Gasteiger partial charge in [-0.05, 0) is 0 Å². The van der Waals surface area contributed by atoms with Gasteiger partial charge in [0.25, 0.3) is 0 Å². The van der Waals surface area contributed by atoms with Crippen molar-refractivity contribution in [3.05, 3.63) is 9.11 Å². The fraction of sp³-hybridized carbons (Fsp3) is 0.857. The molecular formula is C14H31BPb. The van der Waals surface area contributed by atoms with E-state index in [4.69, 9.17) is 0 Å². The Morgan fingerprint density at radius 2 is 1.31 bits per heavy atom. The fourth-order valence-corrected chi connectivity index (χ4v) is 15.8.